The maximum absolute atomic E-state index is 9.18. The molecule has 0 bridgehead atoms. The van der Waals surface area contributed by atoms with Crippen LogP contribution in [0.25, 0.3) is 10.9 Å². The Morgan fingerprint density at radius 1 is 1.30 bits per heavy atom. The molecular formula is C8H8NO+. The van der Waals surface area contributed by atoms with Crippen LogP contribution in [0.1, 0.15) is 1.43 Å². The van der Waals surface area contributed by atoms with Gasteiger partial charge in [0.05, 0.1) is 0 Å². The average Bonchev–Trinajstić information content (AvgIpc) is 2.34. The normalized spacial score (nSPS) is 10.4. The van der Waals surface area contributed by atoms with Crippen LogP contribution in [-0.4, -0.2) is 10.1 Å². The number of fused-ring (bicyclic) bond motifs is 1. The summed E-state index contributed by atoms with van der Waals surface area (Å²) in [5.74, 6) is 0.315. The SMILES string of the molecule is Oc1c[nH]c2ccccc12.[H+]. The summed E-state index contributed by atoms with van der Waals surface area (Å²) < 4.78 is 0. The first-order valence-corrected chi connectivity index (χ1v) is 3.13. The van der Waals surface area contributed by atoms with E-state index in [1.165, 1.54) is 0 Å². The third-order valence-corrected chi connectivity index (χ3v) is 1.57. The van der Waals surface area contributed by atoms with Crippen molar-refractivity contribution in [3.05, 3.63) is 30.5 Å². The zero-order valence-corrected chi connectivity index (χ0v) is 5.33. The van der Waals surface area contributed by atoms with Gasteiger partial charge >= 0.3 is 1.43 Å². The van der Waals surface area contributed by atoms with E-state index in [0.29, 0.717) is 5.75 Å². The first-order chi connectivity index (χ1) is 4.88. The summed E-state index contributed by atoms with van der Waals surface area (Å²) in [5, 5.41) is 10.1. The molecule has 0 atom stereocenters. The molecule has 0 spiro atoms. The average molecular weight is 134 g/mol. The number of H-pyrrole nitrogens is 1. The van der Waals surface area contributed by atoms with Gasteiger partial charge in [0.2, 0.25) is 0 Å². The maximum Gasteiger partial charge on any atom is 1.00 e. The van der Waals surface area contributed by atoms with E-state index in [1.807, 2.05) is 24.3 Å². The van der Waals surface area contributed by atoms with E-state index < -0.39 is 0 Å². The lowest BCUT2D eigenvalue weighted by Gasteiger charge is -1.86. The van der Waals surface area contributed by atoms with Crippen LogP contribution in [0.3, 0.4) is 0 Å². The summed E-state index contributed by atoms with van der Waals surface area (Å²) in [6.45, 7) is 0. The van der Waals surface area contributed by atoms with Crippen LogP contribution in [0.15, 0.2) is 30.5 Å². The second kappa shape index (κ2) is 1.77. The number of hydrogen-bond acceptors (Lipinski definition) is 1. The minimum atomic E-state index is 0. The molecule has 0 radical (unpaired) electrons. The highest BCUT2D eigenvalue weighted by Gasteiger charge is 1.97. The number of aromatic nitrogens is 1. The standard InChI is InChI=1S/C8H7NO/c10-8-5-9-7-4-2-1-3-6(7)8/h1-5,9-10H/p+1. The molecule has 2 aromatic rings. The lowest BCUT2D eigenvalue weighted by Crippen LogP contribution is -1.62. The van der Waals surface area contributed by atoms with E-state index in [2.05, 4.69) is 4.98 Å². The van der Waals surface area contributed by atoms with Crippen molar-refractivity contribution in [2.75, 3.05) is 0 Å². The van der Waals surface area contributed by atoms with Crippen molar-refractivity contribution < 1.29 is 6.53 Å². The fraction of sp³-hybridized carbons (Fsp3) is 0. The molecule has 0 saturated carbocycles. The van der Waals surface area contributed by atoms with Gasteiger partial charge in [-0.25, -0.2) is 0 Å². The molecule has 0 aliphatic heterocycles. The summed E-state index contributed by atoms with van der Waals surface area (Å²) in [7, 11) is 0. The number of hydrogen-bond donors (Lipinski definition) is 2. The van der Waals surface area contributed by atoms with Gasteiger partial charge in [0.25, 0.3) is 0 Å². The molecule has 2 nitrogen and oxygen atoms in total. The van der Waals surface area contributed by atoms with Crippen LogP contribution < -0.4 is 0 Å². The van der Waals surface area contributed by atoms with E-state index in [1.54, 1.807) is 6.20 Å². The Labute approximate surface area is 59.6 Å². The molecule has 1 heterocycles. The van der Waals surface area contributed by atoms with Gasteiger partial charge in [-0.15, -0.1) is 0 Å². The molecule has 0 aliphatic rings. The Balaban J connectivity index is 0.000000605. The number of nitrogens with one attached hydrogen (secondary N) is 1. The molecule has 2 N–H and O–H groups in total. The molecule has 10 heavy (non-hydrogen) atoms. The Hall–Kier alpha value is -1.44. The quantitative estimate of drug-likeness (QED) is 0.567. The first-order valence-electron chi connectivity index (χ1n) is 3.13. The zero-order chi connectivity index (χ0) is 6.97. The van der Waals surface area contributed by atoms with Crippen molar-refractivity contribution in [3.8, 4) is 5.75 Å². The monoisotopic (exact) mass is 134 g/mol. The number of aromatic amines is 1. The topological polar surface area (TPSA) is 36.0 Å². The second-order valence-corrected chi connectivity index (χ2v) is 2.22. The van der Waals surface area contributed by atoms with Crippen LogP contribution in [0.2, 0.25) is 0 Å². The highest BCUT2D eigenvalue weighted by molar-refractivity contribution is 5.85. The third-order valence-electron chi connectivity index (χ3n) is 1.57. The zero-order valence-electron chi connectivity index (χ0n) is 6.33. The Kier molecular flexibility index (Phi) is 0.947. The van der Waals surface area contributed by atoms with Gasteiger partial charge in [-0.3, -0.25) is 0 Å². The van der Waals surface area contributed by atoms with E-state index in [4.69, 9.17) is 0 Å². The predicted molar refractivity (Wildman–Crippen MR) is 41.1 cm³/mol. The molecule has 0 amide bonds. The van der Waals surface area contributed by atoms with Crippen LogP contribution in [0.5, 0.6) is 5.75 Å². The summed E-state index contributed by atoms with van der Waals surface area (Å²) >= 11 is 0. The van der Waals surface area contributed by atoms with E-state index in [0.717, 1.165) is 10.9 Å². The van der Waals surface area contributed by atoms with Crippen molar-refractivity contribution in [1.82, 2.24) is 4.98 Å². The number of aromatic hydroxyl groups is 1. The Morgan fingerprint density at radius 3 is 2.90 bits per heavy atom. The maximum atomic E-state index is 9.18. The predicted octanol–water partition coefficient (Wildman–Crippen LogP) is 1.99. The van der Waals surface area contributed by atoms with Gasteiger partial charge in [0.1, 0.15) is 5.75 Å². The number of benzene rings is 1. The molecule has 2 heteroatoms. The van der Waals surface area contributed by atoms with Gasteiger partial charge in [0, 0.05) is 17.1 Å². The van der Waals surface area contributed by atoms with Gasteiger partial charge < -0.3 is 10.1 Å². The van der Waals surface area contributed by atoms with Gasteiger partial charge in [-0.1, -0.05) is 12.1 Å². The lowest BCUT2D eigenvalue weighted by atomic mass is 10.2. The van der Waals surface area contributed by atoms with Crippen molar-refractivity contribution >= 4 is 10.9 Å². The number of rotatable bonds is 0. The fourth-order valence-electron chi connectivity index (χ4n) is 1.06. The number of para-hydroxylation sites is 1. The second-order valence-electron chi connectivity index (χ2n) is 2.22. The molecule has 1 aromatic heterocycles. The molecule has 0 saturated heterocycles. The van der Waals surface area contributed by atoms with Gasteiger partial charge in [-0.05, 0) is 12.1 Å². The smallest absolute Gasteiger partial charge is 0.506 e. The Bertz CT molecular complexity index is 356. The van der Waals surface area contributed by atoms with E-state index in [9.17, 15) is 5.11 Å². The van der Waals surface area contributed by atoms with Crippen LogP contribution >= 0.6 is 0 Å². The fourth-order valence-corrected chi connectivity index (χ4v) is 1.06. The molecule has 0 aliphatic carbocycles. The highest BCUT2D eigenvalue weighted by Crippen LogP contribution is 2.22. The summed E-state index contributed by atoms with van der Waals surface area (Å²) in [6.07, 6.45) is 1.59. The largest absolute Gasteiger partial charge is 1.00 e. The summed E-state index contributed by atoms with van der Waals surface area (Å²) in [6, 6.07) is 7.63. The summed E-state index contributed by atoms with van der Waals surface area (Å²) in [5.41, 5.74) is 0.972. The first kappa shape index (κ1) is 5.35. The Morgan fingerprint density at radius 2 is 2.10 bits per heavy atom. The van der Waals surface area contributed by atoms with Crippen molar-refractivity contribution in [3.63, 3.8) is 0 Å². The minimum absolute atomic E-state index is 0. The van der Waals surface area contributed by atoms with E-state index >= 15 is 0 Å². The van der Waals surface area contributed by atoms with Crippen molar-refractivity contribution in [2.24, 2.45) is 0 Å². The molecule has 1 aromatic carbocycles. The van der Waals surface area contributed by atoms with Crippen LogP contribution in [0, 0.1) is 0 Å². The molecule has 2 rings (SSSR count). The van der Waals surface area contributed by atoms with Crippen LogP contribution in [0.4, 0.5) is 0 Å². The van der Waals surface area contributed by atoms with Crippen molar-refractivity contribution in [2.45, 2.75) is 0 Å². The summed E-state index contributed by atoms with van der Waals surface area (Å²) in [4.78, 5) is 2.94. The third kappa shape index (κ3) is 0.589. The lowest BCUT2D eigenvalue weighted by molar-refractivity contribution is 0.481. The molecule has 0 fully saturated rings. The highest BCUT2D eigenvalue weighted by atomic mass is 16.3. The van der Waals surface area contributed by atoms with Crippen LogP contribution in [-0.2, 0) is 0 Å². The molecule has 0 unspecified atom stereocenters. The van der Waals surface area contributed by atoms with E-state index in [-0.39, 0.29) is 1.43 Å². The molecular weight excluding hydrogens is 126 g/mol. The van der Waals surface area contributed by atoms with Gasteiger partial charge in [0.15, 0.2) is 0 Å². The van der Waals surface area contributed by atoms with Crippen molar-refractivity contribution in [1.29, 1.82) is 0 Å². The minimum Gasteiger partial charge on any atom is -0.506 e. The van der Waals surface area contributed by atoms with Gasteiger partial charge in [-0.2, -0.15) is 0 Å². The molecule has 50 valence electrons.